The lowest BCUT2D eigenvalue weighted by Crippen LogP contribution is -2.40. The highest BCUT2D eigenvalue weighted by Crippen LogP contribution is 2.20. The van der Waals surface area contributed by atoms with E-state index in [9.17, 15) is 9.59 Å². The first-order valence-corrected chi connectivity index (χ1v) is 6.74. The molecule has 0 aromatic heterocycles. The van der Waals surface area contributed by atoms with E-state index in [1.165, 1.54) is 0 Å². The predicted molar refractivity (Wildman–Crippen MR) is 77.6 cm³/mol. The average Bonchev–Trinajstić information content (AvgIpc) is 2.87. The third kappa shape index (κ3) is 3.27. The summed E-state index contributed by atoms with van der Waals surface area (Å²) in [5, 5.41) is 5.59. The fourth-order valence-electron chi connectivity index (χ4n) is 2.56. The molecule has 0 bridgehead atoms. The van der Waals surface area contributed by atoms with Crippen LogP contribution in [0.4, 0.5) is 10.5 Å². The summed E-state index contributed by atoms with van der Waals surface area (Å²) in [6.45, 7) is 1.61. The predicted octanol–water partition coefficient (Wildman–Crippen LogP) is 1.00. The zero-order valence-electron chi connectivity index (χ0n) is 11.6. The molecular weight excluding hydrogens is 256 g/mol. The number of rotatable bonds is 4. The quantitative estimate of drug-likeness (QED) is 0.766. The zero-order valence-corrected chi connectivity index (χ0v) is 11.6. The summed E-state index contributed by atoms with van der Waals surface area (Å²) in [5.74, 6) is 0.0355. The number of primary amides is 1. The van der Waals surface area contributed by atoms with Crippen LogP contribution in [0.1, 0.15) is 23.2 Å². The molecule has 3 amide bonds. The molecule has 1 atom stereocenters. The Labute approximate surface area is 118 Å². The maximum absolute atomic E-state index is 12.5. The minimum Gasteiger partial charge on any atom is -0.351 e. The molecule has 1 fully saturated rings. The van der Waals surface area contributed by atoms with Crippen molar-refractivity contribution in [2.75, 3.05) is 25.5 Å². The fourth-order valence-corrected chi connectivity index (χ4v) is 2.56. The van der Waals surface area contributed by atoms with E-state index in [1.807, 2.05) is 11.9 Å². The first-order chi connectivity index (χ1) is 9.61. The van der Waals surface area contributed by atoms with Crippen LogP contribution in [-0.4, -0.2) is 43.0 Å². The molecule has 0 aliphatic carbocycles. The number of nitrogens with one attached hydrogen (secondary N) is 2. The molecule has 1 aromatic rings. The van der Waals surface area contributed by atoms with Gasteiger partial charge in [-0.15, -0.1) is 0 Å². The molecule has 4 N–H and O–H groups in total. The number of hydrogen-bond donors (Lipinski definition) is 3. The summed E-state index contributed by atoms with van der Waals surface area (Å²) < 4.78 is 0. The largest absolute Gasteiger partial charge is 0.351 e. The second-order valence-electron chi connectivity index (χ2n) is 4.92. The number of nitrogens with zero attached hydrogens (tertiary/aromatic N) is 1. The topological polar surface area (TPSA) is 87.5 Å². The van der Waals surface area contributed by atoms with E-state index in [1.54, 1.807) is 24.3 Å². The van der Waals surface area contributed by atoms with Gasteiger partial charge in [0.05, 0.1) is 0 Å². The number of carbonyl (C=O) groups is 2. The Balaban J connectivity index is 2.06. The summed E-state index contributed by atoms with van der Waals surface area (Å²) in [5.41, 5.74) is 6.25. The first-order valence-electron chi connectivity index (χ1n) is 6.74. The molecule has 108 valence electrons. The molecule has 6 nitrogen and oxygen atoms in total. The van der Waals surface area contributed by atoms with Crippen LogP contribution in [-0.2, 0) is 0 Å². The van der Waals surface area contributed by atoms with Gasteiger partial charge in [0.1, 0.15) is 0 Å². The van der Waals surface area contributed by atoms with Crippen molar-refractivity contribution >= 4 is 17.6 Å². The number of carbonyl (C=O) groups excluding carboxylic acids is 2. The molecule has 6 heteroatoms. The molecule has 1 aliphatic rings. The van der Waals surface area contributed by atoms with Crippen LogP contribution in [0.5, 0.6) is 0 Å². The Bertz CT molecular complexity index is 486. The lowest BCUT2D eigenvalue weighted by Gasteiger charge is -2.24. The first kappa shape index (κ1) is 14.3. The second kappa shape index (κ2) is 6.38. The molecule has 1 aliphatic heterocycles. The van der Waals surface area contributed by atoms with E-state index in [2.05, 4.69) is 10.6 Å². The number of anilines is 1. The molecule has 1 saturated heterocycles. The Kier molecular flexibility index (Phi) is 4.57. The van der Waals surface area contributed by atoms with Gasteiger partial charge in [0.25, 0.3) is 5.91 Å². The van der Waals surface area contributed by atoms with E-state index in [4.69, 9.17) is 5.73 Å². The van der Waals surface area contributed by atoms with Crippen molar-refractivity contribution in [2.24, 2.45) is 5.73 Å². The summed E-state index contributed by atoms with van der Waals surface area (Å²) in [4.78, 5) is 25.1. The van der Waals surface area contributed by atoms with Gasteiger partial charge in [-0.2, -0.15) is 0 Å². The van der Waals surface area contributed by atoms with Crippen molar-refractivity contribution in [1.29, 1.82) is 0 Å². The number of likely N-dealkylation sites (tertiary alicyclic amines) is 1. The van der Waals surface area contributed by atoms with Crippen molar-refractivity contribution in [1.82, 2.24) is 10.2 Å². The van der Waals surface area contributed by atoms with Crippen molar-refractivity contribution in [3.8, 4) is 0 Å². The van der Waals surface area contributed by atoms with E-state index in [0.29, 0.717) is 11.3 Å². The molecule has 20 heavy (non-hydrogen) atoms. The van der Waals surface area contributed by atoms with Gasteiger partial charge in [-0.05, 0) is 44.2 Å². The van der Waals surface area contributed by atoms with Gasteiger partial charge in [0.15, 0.2) is 0 Å². The lowest BCUT2D eigenvalue weighted by atomic mass is 10.1. The SMILES string of the molecule is CNCC1CCCN1C(=O)c1ccc(NC(N)=O)cc1. The van der Waals surface area contributed by atoms with E-state index in [-0.39, 0.29) is 11.9 Å². The van der Waals surface area contributed by atoms with Gasteiger partial charge in [-0.25, -0.2) is 4.79 Å². The van der Waals surface area contributed by atoms with Crippen molar-refractivity contribution in [2.45, 2.75) is 18.9 Å². The Morgan fingerprint density at radius 3 is 2.65 bits per heavy atom. The van der Waals surface area contributed by atoms with Gasteiger partial charge in [-0.3, -0.25) is 4.79 Å². The van der Waals surface area contributed by atoms with Gasteiger partial charge >= 0.3 is 6.03 Å². The summed E-state index contributed by atoms with van der Waals surface area (Å²) >= 11 is 0. The summed E-state index contributed by atoms with van der Waals surface area (Å²) in [6.07, 6.45) is 2.08. The third-order valence-corrected chi connectivity index (χ3v) is 3.48. The Morgan fingerprint density at radius 1 is 1.35 bits per heavy atom. The van der Waals surface area contributed by atoms with Crippen LogP contribution < -0.4 is 16.4 Å². The monoisotopic (exact) mass is 276 g/mol. The maximum atomic E-state index is 12.5. The number of likely N-dealkylation sites (N-methyl/N-ethyl adjacent to an activating group) is 1. The lowest BCUT2D eigenvalue weighted by molar-refractivity contribution is 0.0737. The Morgan fingerprint density at radius 2 is 2.05 bits per heavy atom. The molecular formula is C14H20N4O2. The molecule has 1 aromatic carbocycles. The van der Waals surface area contributed by atoms with Gasteiger partial charge in [-0.1, -0.05) is 0 Å². The fraction of sp³-hybridized carbons (Fsp3) is 0.429. The minimum absolute atomic E-state index is 0.0355. The highest BCUT2D eigenvalue weighted by atomic mass is 16.2. The standard InChI is InChI=1S/C14H20N4O2/c1-16-9-12-3-2-8-18(12)13(19)10-4-6-11(7-5-10)17-14(15)20/h4-7,12,16H,2-3,8-9H2,1H3,(H3,15,17,20). The molecule has 0 saturated carbocycles. The normalized spacial score (nSPS) is 18.1. The zero-order chi connectivity index (χ0) is 14.5. The van der Waals surface area contributed by atoms with Crippen LogP contribution in [0.3, 0.4) is 0 Å². The number of benzene rings is 1. The summed E-state index contributed by atoms with van der Waals surface area (Å²) in [7, 11) is 1.89. The third-order valence-electron chi connectivity index (χ3n) is 3.48. The van der Waals surface area contributed by atoms with Gasteiger partial charge in [0, 0.05) is 30.4 Å². The van der Waals surface area contributed by atoms with E-state index < -0.39 is 6.03 Å². The van der Waals surface area contributed by atoms with Gasteiger partial charge < -0.3 is 21.3 Å². The van der Waals surface area contributed by atoms with E-state index in [0.717, 1.165) is 25.9 Å². The second-order valence-corrected chi connectivity index (χ2v) is 4.92. The number of nitrogens with two attached hydrogens (primary N) is 1. The van der Waals surface area contributed by atoms with Crippen LogP contribution in [0.25, 0.3) is 0 Å². The number of amides is 3. The van der Waals surface area contributed by atoms with Crippen LogP contribution in [0.2, 0.25) is 0 Å². The average molecular weight is 276 g/mol. The van der Waals surface area contributed by atoms with Crippen LogP contribution >= 0.6 is 0 Å². The summed E-state index contributed by atoms with van der Waals surface area (Å²) in [6, 6.07) is 6.43. The minimum atomic E-state index is -0.613. The molecule has 1 heterocycles. The highest BCUT2D eigenvalue weighted by Gasteiger charge is 2.28. The number of hydrogen-bond acceptors (Lipinski definition) is 3. The van der Waals surface area contributed by atoms with Crippen molar-refractivity contribution < 1.29 is 9.59 Å². The highest BCUT2D eigenvalue weighted by molar-refractivity contribution is 5.95. The smallest absolute Gasteiger partial charge is 0.316 e. The maximum Gasteiger partial charge on any atom is 0.316 e. The van der Waals surface area contributed by atoms with Gasteiger partial charge in [0.2, 0.25) is 0 Å². The molecule has 1 unspecified atom stereocenters. The molecule has 0 radical (unpaired) electrons. The van der Waals surface area contributed by atoms with Crippen LogP contribution in [0, 0.1) is 0 Å². The van der Waals surface area contributed by atoms with E-state index >= 15 is 0 Å². The number of urea groups is 1. The van der Waals surface area contributed by atoms with Crippen molar-refractivity contribution in [3.63, 3.8) is 0 Å². The Hall–Kier alpha value is -2.08. The van der Waals surface area contributed by atoms with Crippen molar-refractivity contribution in [3.05, 3.63) is 29.8 Å². The molecule has 0 spiro atoms. The molecule has 2 rings (SSSR count). The van der Waals surface area contributed by atoms with Crippen LogP contribution in [0.15, 0.2) is 24.3 Å².